The number of hydrogen-bond acceptors (Lipinski definition) is 7. The van der Waals surface area contributed by atoms with E-state index in [9.17, 15) is 24.0 Å². The summed E-state index contributed by atoms with van der Waals surface area (Å²) in [5.74, 6) is -3.36. The first kappa shape index (κ1) is 21.0. The average Bonchev–Trinajstić information content (AvgIpc) is 3.15. The Morgan fingerprint density at radius 1 is 1.10 bits per heavy atom. The first-order valence-corrected chi connectivity index (χ1v) is 9.28. The van der Waals surface area contributed by atoms with E-state index in [0.29, 0.717) is 0 Å². The van der Waals surface area contributed by atoms with Crippen molar-refractivity contribution in [1.82, 2.24) is 4.90 Å². The summed E-state index contributed by atoms with van der Waals surface area (Å²) < 4.78 is 10.4. The highest BCUT2D eigenvalue weighted by molar-refractivity contribution is 6.23. The molecule has 0 saturated heterocycles. The van der Waals surface area contributed by atoms with Crippen LogP contribution in [0.25, 0.3) is 0 Å². The smallest absolute Gasteiger partial charge is 0.344 e. The molecule has 1 atom stereocenters. The van der Waals surface area contributed by atoms with Gasteiger partial charge in [0, 0.05) is 0 Å². The fraction of sp³-hybridized carbons (Fsp3) is 0.286. The number of esters is 1. The number of hydrogen-bond donors (Lipinski definition) is 1. The van der Waals surface area contributed by atoms with Crippen LogP contribution in [0.3, 0.4) is 0 Å². The van der Waals surface area contributed by atoms with Crippen LogP contribution < -0.4 is 5.32 Å². The predicted molar refractivity (Wildman–Crippen MR) is 104 cm³/mol. The van der Waals surface area contributed by atoms with Crippen LogP contribution in [0.2, 0.25) is 0 Å². The normalized spacial score (nSPS) is 13.8. The molecule has 156 valence electrons. The third-order valence-electron chi connectivity index (χ3n) is 4.74. The minimum Gasteiger partial charge on any atom is -0.462 e. The summed E-state index contributed by atoms with van der Waals surface area (Å²) in [7, 11) is 0. The van der Waals surface area contributed by atoms with E-state index < -0.39 is 35.5 Å². The van der Waals surface area contributed by atoms with E-state index in [-0.39, 0.29) is 40.5 Å². The molecular weight excluding hydrogens is 392 g/mol. The number of imide groups is 1. The number of furan rings is 1. The summed E-state index contributed by atoms with van der Waals surface area (Å²) in [4.78, 5) is 63.2. The topological polar surface area (TPSA) is 123 Å². The minimum atomic E-state index is -1.20. The molecule has 0 bridgehead atoms. The molecule has 0 fully saturated rings. The zero-order valence-corrected chi connectivity index (χ0v) is 16.9. The van der Waals surface area contributed by atoms with Crippen molar-refractivity contribution in [3.63, 3.8) is 0 Å². The lowest BCUT2D eigenvalue weighted by Crippen LogP contribution is -2.45. The Labute approximate surface area is 172 Å². The number of nitrogens with one attached hydrogen (secondary N) is 1. The van der Waals surface area contributed by atoms with Crippen LogP contribution in [0.1, 0.15) is 68.0 Å². The molecule has 2 aromatic rings. The molecule has 1 N–H and O–H groups in total. The second-order valence-corrected chi connectivity index (χ2v) is 6.71. The van der Waals surface area contributed by atoms with Crippen molar-refractivity contribution in [2.24, 2.45) is 0 Å². The van der Waals surface area contributed by atoms with Gasteiger partial charge < -0.3 is 9.15 Å². The second-order valence-electron chi connectivity index (χ2n) is 6.71. The first-order chi connectivity index (χ1) is 14.2. The number of Topliss-reactive ketones (excluding diaryl/α,β-unsaturated/α-hetero) is 1. The summed E-state index contributed by atoms with van der Waals surface area (Å²) in [5, 5.41) is 2.41. The standard InChI is InChI=1S/C21H20N2O7/c1-5-29-21(28)16-15(11(3)24)12(4)30-18(16)22-17(25)10(2)23-19(26)13-8-6-7-9-14(13)20(23)27/h6-10H,5H2,1-4H3,(H,22,25). The maximum Gasteiger partial charge on any atom is 0.344 e. The number of ketones is 1. The molecule has 0 saturated carbocycles. The quantitative estimate of drug-likeness (QED) is 0.439. The molecule has 1 unspecified atom stereocenters. The number of nitrogens with zero attached hydrogens (tertiary/aromatic N) is 1. The maximum atomic E-state index is 12.8. The van der Waals surface area contributed by atoms with E-state index >= 15 is 0 Å². The number of ether oxygens (including phenoxy) is 1. The van der Waals surface area contributed by atoms with Crippen LogP contribution in [0.15, 0.2) is 28.7 Å². The van der Waals surface area contributed by atoms with Crippen molar-refractivity contribution >= 4 is 35.4 Å². The zero-order chi connectivity index (χ0) is 22.2. The lowest BCUT2D eigenvalue weighted by molar-refractivity contribution is -0.119. The molecule has 2 heterocycles. The number of benzene rings is 1. The number of carbonyl (C=O) groups is 5. The summed E-state index contributed by atoms with van der Waals surface area (Å²) in [6.07, 6.45) is 0. The molecule has 1 aliphatic heterocycles. The summed E-state index contributed by atoms with van der Waals surface area (Å²) in [6.45, 7) is 5.76. The van der Waals surface area contributed by atoms with Gasteiger partial charge in [-0.2, -0.15) is 0 Å². The van der Waals surface area contributed by atoms with Crippen LogP contribution in [0.4, 0.5) is 5.88 Å². The zero-order valence-electron chi connectivity index (χ0n) is 16.9. The second kappa shape index (κ2) is 7.94. The van der Waals surface area contributed by atoms with Crippen LogP contribution in [0.5, 0.6) is 0 Å². The lowest BCUT2D eigenvalue weighted by Gasteiger charge is -2.21. The van der Waals surface area contributed by atoms with E-state index in [0.717, 1.165) is 4.90 Å². The van der Waals surface area contributed by atoms with E-state index in [2.05, 4.69) is 5.32 Å². The van der Waals surface area contributed by atoms with Crippen LogP contribution in [0, 0.1) is 6.92 Å². The Bertz CT molecular complexity index is 1050. The van der Waals surface area contributed by atoms with Gasteiger partial charge in [-0.25, -0.2) is 4.79 Å². The first-order valence-electron chi connectivity index (χ1n) is 9.28. The van der Waals surface area contributed by atoms with Crippen LogP contribution in [-0.4, -0.2) is 47.0 Å². The Kier molecular flexibility index (Phi) is 5.55. The Morgan fingerprint density at radius 2 is 1.67 bits per heavy atom. The van der Waals surface area contributed by atoms with Crippen LogP contribution >= 0.6 is 0 Å². The Balaban J connectivity index is 1.91. The Morgan fingerprint density at radius 3 is 2.17 bits per heavy atom. The molecule has 3 amide bonds. The van der Waals surface area contributed by atoms with Gasteiger partial charge in [-0.1, -0.05) is 12.1 Å². The van der Waals surface area contributed by atoms with Gasteiger partial charge >= 0.3 is 5.97 Å². The van der Waals surface area contributed by atoms with E-state index in [4.69, 9.17) is 9.15 Å². The van der Waals surface area contributed by atoms with E-state index in [1.54, 1.807) is 19.1 Å². The molecule has 9 heteroatoms. The van der Waals surface area contributed by atoms with Gasteiger partial charge in [-0.05, 0) is 39.8 Å². The maximum absolute atomic E-state index is 12.8. The largest absolute Gasteiger partial charge is 0.462 e. The molecule has 1 aliphatic rings. The molecule has 9 nitrogen and oxygen atoms in total. The van der Waals surface area contributed by atoms with Crippen molar-refractivity contribution in [2.45, 2.75) is 33.7 Å². The summed E-state index contributed by atoms with van der Waals surface area (Å²) >= 11 is 0. The van der Waals surface area contributed by atoms with Gasteiger partial charge in [0.25, 0.3) is 11.8 Å². The third-order valence-corrected chi connectivity index (χ3v) is 4.74. The van der Waals surface area contributed by atoms with Crippen molar-refractivity contribution in [3.05, 3.63) is 52.3 Å². The van der Waals surface area contributed by atoms with Crippen molar-refractivity contribution in [2.75, 3.05) is 11.9 Å². The van der Waals surface area contributed by atoms with Gasteiger partial charge in [-0.3, -0.25) is 29.4 Å². The molecule has 3 rings (SSSR count). The van der Waals surface area contributed by atoms with Crippen LogP contribution in [-0.2, 0) is 9.53 Å². The van der Waals surface area contributed by atoms with E-state index in [1.807, 2.05) is 0 Å². The van der Waals surface area contributed by atoms with Crippen molar-refractivity contribution < 1.29 is 33.1 Å². The van der Waals surface area contributed by atoms with Gasteiger partial charge in [-0.15, -0.1) is 0 Å². The molecule has 1 aromatic carbocycles. The number of carbonyl (C=O) groups excluding carboxylic acids is 5. The number of aryl methyl sites for hydroxylation is 1. The predicted octanol–water partition coefficient (Wildman–Crippen LogP) is 2.59. The molecule has 1 aromatic heterocycles. The molecule has 30 heavy (non-hydrogen) atoms. The van der Waals surface area contributed by atoms with Gasteiger partial charge in [0.15, 0.2) is 5.78 Å². The third kappa shape index (κ3) is 3.38. The fourth-order valence-corrected chi connectivity index (χ4v) is 3.35. The van der Waals surface area contributed by atoms with Gasteiger partial charge in [0.2, 0.25) is 11.8 Å². The van der Waals surface area contributed by atoms with Gasteiger partial charge in [0.05, 0.1) is 23.3 Å². The monoisotopic (exact) mass is 412 g/mol. The summed E-state index contributed by atoms with van der Waals surface area (Å²) in [6, 6.07) is 5.07. The molecule has 0 spiro atoms. The number of amides is 3. The van der Waals surface area contributed by atoms with E-state index in [1.165, 1.54) is 32.9 Å². The highest BCUT2D eigenvalue weighted by atomic mass is 16.5. The molecule has 0 radical (unpaired) electrons. The lowest BCUT2D eigenvalue weighted by atomic mass is 10.1. The summed E-state index contributed by atoms with van der Waals surface area (Å²) in [5.41, 5.74) is 0.214. The number of anilines is 1. The minimum absolute atomic E-state index is 0.00265. The fourth-order valence-electron chi connectivity index (χ4n) is 3.35. The highest BCUT2D eigenvalue weighted by Gasteiger charge is 2.41. The highest BCUT2D eigenvalue weighted by Crippen LogP contribution is 2.30. The van der Waals surface area contributed by atoms with Crippen molar-refractivity contribution in [1.29, 1.82) is 0 Å². The Hall–Kier alpha value is -3.75. The number of rotatable bonds is 6. The van der Waals surface area contributed by atoms with Gasteiger partial charge in [0.1, 0.15) is 17.4 Å². The molecule has 0 aliphatic carbocycles. The molecular formula is C21H20N2O7. The van der Waals surface area contributed by atoms with Crippen molar-refractivity contribution in [3.8, 4) is 0 Å². The number of fused-ring (bicyclic) bond motifs is 1. The SMILES string of the molecule is CCOC(=O)c1c(NC(=O)C(C)N2C(=O)c3ccccc3C2=O)oc(C)c1C(C)=O. The average molecular weight is 412 g/mol.